The SMILES string of the molecule is NCc1ncc(C(F)F)cc1C(F)(F)F. The van der Waals surface area contributed by atoms with Gasteiger partial charge in [-0.1, -0.05) is 0 Å². The Morgan fingerprint density at radius 1 is 1.33 bits per heavy atom. The normalized spacial score (nSPS) is 12.2. The maximum absolute atomic E-state index is 12.3. The minimum Gasteiger partial charge on any atom is -0.325 e. The van der Waals surface area contributed by atoms with Crippen LogP contribution >= 0.6 is 0 Å². The van der Waals surface area contributed by atoms with Gasteiger partial charge in [-0.05, 0) is 6.07 Å². The van der Waals surface area contributed by atoms with E-state index in [1.165, 1.54) is 0 Å². The van der Waals surface area contributed by atoms with Crippen LogP contribution in [0.2, 0.25) is 0 Å². The zero-order valence-electron chi connectivity index (χ0n) is 7.35. The number of hydrogen-bond donors (Lipinski definition) is 1. The average molecular weight is 226 g/mol. The molecule has 1 aromatic rings. The molecule has 0 aliphatic rings. The van der Waals surface area contributed by atoms with Gasteiger partial charge < -0.3 is 5.73 Å². The van der Waals surface area contributed by atoms with E-state index < -0.39 is 36.0 Å². The van der Waals surface area contributed by atoms with Gasteiger partial charge >= 0.3 is 6.18 Å². The summed E-state index contributed by atoms with van der Waals surface area (Å²) >= 11 is 0. The monoisotopic (exact) mass is 226 g/mol. The van der Waals surface area contributed by atoms with Gasteiger partial charge in [-0.25, -0.2) is 8.78 Å². The van der Waals surface area contributed by atoms with E-state index in [-0.39, 0.29) is 0 Å². The Labute approximate surface area is 81.9 Å². The van der Waals surface area contributed by atoms with Crippen LogP contribution in [-0.2, 0) is 12.7 Å². The highest BCUT2D eigenvalue weighted by Gasteiger charge is 2.34. The molecule has 15 heavy (non-hydrogen) atoms. The Balaban J connectivity index is 3.26. The van der Waals surface area contributed by atoms with E-state index in [0.717, 1.165) is 0 Å². The molecule has 0 fully saturated rings. The summed E-state index contributed by atoms with van der Waals surface area (Å²) in [6, 6.07) is 0.375. The van der Waals surface area contributed by atoms with Crippen LogP contribution < -0.4 is 5.73 Å². The Morgan fingerprint density at radius 3 is 2.33 bits per heavy atom. The molecule has 0 saturated heterocycles. The highest BCUT2D eigenvalue weighted by molar-refractivity contribution is 5.28. The lowest BCUT2D eigenvalue weighted by Crippen LogP contribution is -2.14. The fourth-order valence-corrected chi connectivity index (χ4v) is 1.04. The number of halogens is 5. The minimum absolute atomic E-state index is 0.375. The van der Waals surface area contributed by atoms with Gasteiger partial charge in [-0.15, -0.1) is 0 Å². The van der Waals surface area contributed by atoms with Gasteiger partial charge in [0.15, 0.2) is 0 Å². The van der Waals surface area contributed by atoms with E-state index in [0.29, 0.717) is 12.3 Å². The summed E-state index contributed by atoms with van der Waals surface area (Å²) in [6.45, 7) is -0.446. The summed E-state index contributed by atoms with van der Waals surface area (Å²) in [6.07, 6.45) is -7.00. The minimum atomic E-state index is -4.72. The molecule has 1 heterocycles. The van der Waals surface area contributed by atoms with E-state index in [9.17, 15) is 22.0 Å². The lowest BCUT2D eigenvalue weighted by molar-refractivity contribution is -0.138. The molecule has 0 aliphatic heterocycles. The first kappa shape index (κ1) is 11.8. The highest BCUT2D eigenvalue weighted by atomic mass is 19.4. The van der Waals surface area contributed by atoms with E-state index in [1.807, 2.05) is 0 Å². The lowest BCUT2D eigenvalue weighted by atomic mass is 10.1. The van der Waals surface area contributed by atoms with Crippen molar-refractivity contribution >= 4 is 0 Å². The molecule has 1 aromatic heterocycles. The van der Waals surface area contributed by atoms with E-state index in [1.54, 1.807) is 0 Å². The number of aromatic nitrogens is 1. The van der Waals surface area contributed by atoms with E-state index in [4.69, 9.17) is 5.73 Å². The standard InChI is InChI=1S/C8H7F5N2/c9-7(10)4-1-5(8(11,12)13)6(2-14)15-3-4/h1,3,7H,2,14H2. The quantitative estimate of drug-likeness (QED) is 0.787. The van der Waals surface area contributed by atoms with Crippen LogP contribution in [0.3, 0.4) is 0 Å². The van der Waals surface area contributed by atoms with Gasteiger partial charge in [0.1, 0.15) is 0 Å². The second-order valence-electron chi connectivity index (χ2n) is 2.77. The van der Waals surface area contributed by atoms with Gasteiger partial charge in [0.05, 0.1) is 11.3 Å². The van der Waals surface area contributed by atoms with Crippen molar-refractivity contribution in [1.82, 2.24) is 4.98 Å². The Kier molecular flexibility index (Phi) is 3.23. The summed E-state index contributed by atoms with van der Waals surface area (Å²) in [5.74, 6) is 0. The third kappa shape index (κ3) is 2.62. The van der Waals surface area contributed by atoms with Crippen molar-refractivity contribution in [2.24, 2.45) is 5.73 Å². The first-order valence-electron chi connectivity index (χ1n) is 3.90. The molecule has 1 rings (SSSR count). The van der Waals surface area contributed by atoms with E-state index >= 15 is 0 Å². The summed E-state index contributed by atoms with van der Waals surface area (Å²) < 4.78 is 61.3. The first-order valence-corrected chi connectivity index (χ1v) is 3.90. The van der Waals surface area contributed by atoms with Gasteiger partial charge in [0.25, 0.3) is 6.43 Å². The van der Waals surface area contributed by atoms with Crippen molar-refractivity contribution in [3.8, 4) is 0 Å². The van der Waals surface area contributed by atoms with Gasteiger partial charge in [-0.3, -0.25) is 4.98 Å². The number of rotatable bonds is 2. The molecular formula is C8H7F5N2. The third-order valence-electron chi connectivity index (χ3n) is 1.74. The van der Waals surface area contributed by atoms with Crippen LogP contribution in [0.5, 0.6) is 0 Å². The fraction of sp³-hybridized carbons (Fsp3) is 0.375. The largest absolute Gasteiger partial charge is 0.418 e. The van der Waals surface area contributed by atoms with Crippen LogP contribution in [0.25, 0.3) is 0 Å². The average Bonchev–Trinajstić information content (AvgIpc) is 2.15. The molecule has 0 atom stereocenters. The highest BCUT2D eigenvalue weighted by Crippen LogP contribution is 2.33. The molecule has 2 N–H and O–H groups in total. The summed E-state index contributed by atoms with van der Waals surface area (Å²) in [4.78, 5) is 3.26. The molecule has 0 bridgehead atoms. The topological polar surface area (TPSA) is 38.9 Å². The molecule has 2 nitrogen and oxygen atoms in total. The van der Waals surface area contributed by atoms with Gasteiger partial charge in [0.2, 0.25) is 0 Å². The van der Waals surface area contributed by atoms with E-state index in [2.05, 4.69) is 4.98 Å². The second-order valence-corrected chi connectivity index (χ2v) is 2.77. The number of pyridine rings is 1. The molecule has 0 amide bonds. The molecule has 0 saturated carbocycles. The number of hydrogen-bond acceptors (Lipinski definition) is 2. The van der Waals surface area contributed by atoms with Gasteiger partial charge in [0, 0.05) is 18.3 Å². The number of nitrogens with two attached hydrogens (primary N) is 1. The molecule has 0 aromatic carbocycles. The Hall–Kier alpha value is -1.24. The molecular weight excluding hydrogens is 219 g/mol. The summed E-state index contributed by atoms with van der Waals surface area (Å²) in [5.41, 5.74) is 2.62. The number of alkyl halides is 5. The van der Waals surface area contributed by atoms with Crippen molar-refractivity contribution in [3.63, 3.8) is 0 Å². The molecule has 84 valence electrons. The van der Waals surface area contributed by atoms with Crippen molar-refractivity contribution in [2.75, 3.05) is 0 Å². The van der Waals surface area contributed by atoms with Crippen LogP contribution in [-0.4, -0.2) is 4.98 Å². The van der Waals surface area contributed by atoms with Crippen LogP contribution in [0.1, 0.15) is 23.2 Å². The van der Waals surface area contributed by atoms with Crippen molar-refractivity contribution < 1.29 is 22.0 Å². The molecule has 0 aliphatic carbocycles. The third-order valence-corrected chi connectivity index (χ3v) is 1.74. The van der Waals surface area contributed by atoms with Crippen LogP contribution in [0.4, 0.5) is 22.0 Å². The smallest absolute Gasteiger partial charge is 0.325 e. The summed E-state index contributed by atoms with van der Waals surface area (Å²) in [7, 11) is 0. The first-order chi connectivity index (χ1) is 6.86. The molecule has 0 spiro atoms. The Bertz CT molecular complexity index is 347. The van der Waals surface area contributed by atoms with Gasteiger partial charge in [-0.2, -0.15) is 13.2 Å². The molecule has 0 radical (unpaired) electrons. The van der Waals surface area contributed by atoms with Crippen molar-refractivity contribution in [1.29, 1.82) is 0 Å². The summed E-state index contributed by atoms with van der Waals surface area (Å²) in [5, 5.41) is 0. The maximum atomic E-state index is 12.3. The maximum Gasteiger partial charge on any atom is 0.418 e. The molecule has 7 heteroatoms. The zero-order chi connectivity index (χ0) is 11.6. The predicted octanol–water partition coefficient (Wildman–Crippen LogP) is 2.50. The fourth-order valence-electron chi connectivity index (χ4n) is 1.04. The van der Waals surface area contributed by atoms with Crippen molar-refractivity contribution in [3.05, 3.63) is 29.1 Å². The second kappa shape index (κ2) is 4.09. The van der Waals surface area contributed by atoms with Crippen molar-refractivity contribution in [2.45, 2.75) is 19.1 Å². The van der Waals surface area contributed by atoms with Crippen LogP contribution in [0, 0.1) is 0 Å². The Morgan fingerprint density at radius 2 is 1.93 bits per heavy atom. The van der Waals surface area contributed by atoms with Crippen LogP contribution in [0.15, 0.2) is 12.3 Å². The predicted molar refractivity (Wildman–Crippen MR) is 42.1 cm³/mol. The zero-order valence-corrected chi connectivity index (χ0v) is 7.35. The lowest BCUT2D eigenvalue weighted by Gasteiger charge is -2.12. The number of nitrogens with zero attached hydrogens (tertiary/aromatic N) is 1. The molecule has 0 unspecified atom stereocenters.